The summed E-state index contributed by atoms with van der Waals surface area (Å²) in [5, 5.41) is 13.8. The van der Waals surface area contributed by atoms with Gasteiger partial charge < -0.3 is 14.7 Å². The molecule has 0 unspecified atom stereocenters. The predicted molar refractivity (Wildman–Crippen MR) is 128 cm³/mol. The van der Waals surface area contributed by atoms with Crippen molar-refractivity contribution >= 4 is 23.6 Å². The molecule has 1 amide bonds. The van der Waals surface area contributed by atoms with Crippen LogP contribution in [0.1, 0.15) is 61.3 Å². The average molecular weight is 479 g/mol. The lowest BCUT2D eigenvalue weighted by molar-refractivity contribution is -0.133. The number of halogens is 1. The number of fused-ring (bicyclic) bond motifs is 2. The minimum absolute atomic E-state index is 0.000696. The molecule has 0 bridgehead atoms. The number of hydrogen-bond acceptors (Lipinski definition) is 5. The maximum atomic E-state index is 15.4. The number of aromatic nitrogens is 3. The summed E-state index contributed by atoms with van der Waals surface area (Å²) in [5.74, 6) is -1.80. The molecule has 2 aliphatic rings. The van der Waals surface area contributed by atoms with Gasteiger partial charge in [0.25, 0.3) is 5.91 Å². The van der Waals surface area contributed by atoms with Crippen LogP contribution in [0.2, 0.25) is 0 Å². The van der Waals surface area contributed by atoms with Gasteiger partial charge in [-0.05, 0) is 44.4 Å². The summed E-state index contributed by atoms with van der Waals surface area (Å²) in [5.41, 5.74) is 2.65. The summed E-state index contributed by atoms with van der Waals surface area (Å²) in [7, 11) is 0. The highest BCUT2D eigenvalue weighted by Gasteiger charge is 2.26. The third-order valence-corrected chi connectivity index (χ3v) is 6.78. The van der Waals surface area contributed by atoms with Crippen LogP contribution in [0, 0.1) is 5.82 Å². The highest BCUT2D eigenvalue weighted by molar-refractivity contribution is 5.94. The van der Waals surface area contributed by atoms with E-state index in [0.29, 0.717) is 29.0 Å². The lowest BCUT2D eigenvalue weighted by atomic mass is 10.0. The third kappa shape index (κ3) is 4.15. The summed E-state index contributed by atoms with van der Waals surface area (Å²) < 4.78 is 22.4. The van der Waals surface area contributed by atoms with E-state index >= 15 is 4.39 Å². The van der Waals surface area contributed by atoms with E-state index in [9.17, 15) is 14.7 Å². The highest BCUT2D eigenvalue weighted by Crippen LogP contribution is 2.36. The van der Waals surface area contributed by atoms with Crippen LogP contribution < -0.4 is 4.74 Å². The number of ether oxygens (including phenoxy) is 1. The molecule has 5 rings (SSSR count). The molecule has 2 aromatic heterocycles. The summed E-state index contributed by atoms with van der Waals surface area (Å²) in [4.78, 5) is 31.1. The number of aryl methyl sites for hydroxylation is 1. The fourth-order valence-electron chi connectivity index (χ4n) is 4.79. The van der Waals surface area contributed by atoms with Gasteiger partial charge in [0.2, 0.25) is 0 Å². The molecule has 9 heteroatoms. The molecule has 2 aliphatic heterocycles. The van der Waals surface area contributed by atoms with Crippen LogP contribution in [0.4, 0.5) is 4.39 Å². The van der Waals surface area contributed by atoms with Crippen LogP contribution in [-0.4, -0.2) is 55.7 Å². The number of aliphatic carboxylic acids is 1. The topological polar surface area (TPSA) is 97.0 Å². The lowest BCUT2D eigenvalue weighted by Gasteiger charge is -2.27. The average Bonchev–Trinajstić information content (AvgIpc) is 3.17. The Bertz CT molecular complexity index is 1360. The van der Waals surface area contributed by atoms with Gasteiger partial charge in [0.15, 0.2) is 17.2 Å². The Morgan fingerprint density at radius 3 is 2.83 bits per heavy atom. The van der Waals surface area contributed by atoms with Crippen molar-refractivity contribution in [1.29, 1.82) is 0 Å². The number of carbonyl (C=O) groups excluding carboxylic acids is 1. The van der Waals surface area contributed by atoms with Crippen molar-refractivity contribution in [2.45, 2.75) is 52.0 Å². The van der Waals surface area contributed by atoms with Gasteiger partial charge in [0.05, 0.1) is 11.3 Å². The second kappa shape index (κ2) is 9.13. The second-order valence-electron chi connectivity index (χ2n) is 9.09. The van der Waals surface area contributed by atoms with Gasteiger partial charge in [-0.15, -0.1) is 0 Å². The Morgan fingerprint density at radius 2 is 2.06 bits per heavy atom. The Hall–Kier alpha value is -3.75. The number of hydrogen-bond donors (Lipinski definition) is 1. The van der Waals surface area contributed by atoms with E-state index in [1.54, 1.807) is 28.8 Å². The van der Waals surface area contributed by atoms with Gasteiger partial charge in [-0.3, -0.25) is 4.79 Å². The molecule has 8 nitrogen and oxygen atoms in total. The second-order valence-corrected chi connectivity index (χ2v) is 9.09. The number of likely N-dealkylation sites (tertiary alicyclic amines) is 1. The van der Waals surface area contributed by atoms with Crippen LogP contribution >= 0.6 is 0 Å². The van der Waals surface area contributed by atoms with Crippen LogP contribution in [0.3, 0.4) is 0 Å². The summed E-state index contributed by atoms with van der Waals surface area (Å²) in [6.07, 6.45) is 6.24. The van der Waals surface area contributed by atoms with E-state index in [1.807, 2.05) is 11.8 Å². The van der Waals surface area contributed by atoms with Crippen molar-refractivity contribution in [3.63, 3.8) is 0 Å². The molecular weight excluding hydrogens is 451 g/mol. The molecule has 182 valence electrons. The third-order valence-electron chi connectivity index (χ3n) is 6.78. The number of carbonyl (C=O) groups is 2. The molecule has 35 heavy (non-hydrogen) atoms. The first-order chi connectivity index (χ1) is 16.9. The Morgan fingerprint density at radius 1 is 1.23 bits per heavy atom. The van der Waals surface area contributed by atoms with E-state index in [0.717, 1.165) is 37.9 Å². The maximum absolute atomic E-state index is 15.4. The van der Waals surface area contributed by atoms with Gasteiger partial charge in [-0.25, -0.2) is 18.7 Å². The van der Waals surface area contributed by atoms with Crippen molar-refractivity contribution < 1.29 is 23.8 Å². The van der Waals surface area contributed by atoms with Crippen LogP contribution in [0.25, 0.3) is 23.0 Å². The predicted octanol–water partition coefficient (Wildman–Crippen LogP) is 4.36. The molecular formula is C26H27FN4O4. The molecule has 1 N–H and O–H groups in total. The minimum Gasteiger partial charge on any atom is -0.485 e. The van der Waals surface area contributed by atoms with Crippen molar-refractivity contribution in [2.24, 2.45) is 0 Å². The van der Waals surface area contributed by atoms with Crippen LogP contribution in [0.5, 0.6) is 5.75 Å². The fraction of sp³-hybridized carbons (Fsp3) is 0.385. The number of carboxylic acid groups (broad SMARTS) is 1. The molecule has 0 aliphatic carbocycles. The van der Waals surface area contributed by atoms with Crippen LogP contribution in [0.15, 0.2) is 29.8 Å². The maximum Gasteiger partial charge on any atom is 0.335 e. The minimum atomic E-state index is -1.10. The quantitative estimate of drug-likeness (QED) is 0.598. The molecule has 1 aromatic carbocycles. The van der Waals surface area contributed by atoms with Gasteiger partial charge in [-0.2, -0.15) is 5.10 Å². The largest absolute Gasteiger partial charge is 0.485 e. The molecule has 4 heterocycles. The van der Waals surface area contributed by atoms with Gasteiger partial charge in [0, 0.05) is 35.5 Å². The zero-order valence-corrected chi connectivity index (χ0v) is 19.8. The monoisotopic (exact) mass is 478 g/mol. The Labute approximate surface area is 202 Å². The van der Waals surface area contributed by atoms with E-state index in [2.05, 4.69) is 17.0 Å². The van der Waals surface area contributed by atoms with E-state index < -0.39 is 11.8 Å². The SMILES string of the molecule is CCc1cc(C(=O)N2CCCCC[C@H]2C)nc2cc(-c3ccc4c(c3F)OCC(C(=O)O)=C4)nn12. The van der Waals surface area contributed by atoms with Gasteiger partial charge in [0.1, 0.15) is 12.3 Å². The molecule has 1 saturated heterocycles. The van der Waals surface area contributed by atoms with Gasteiger partial charge in [-0.1, -0.05) is 25.8 Å². The number of rotatable bonds is 4. The first-order valence-corrected chi connectivity index (χ1v) is 12.0. The molecule has 0 radical (unpaired) electrons. The fourth-order valence-corrected chi connectivity index (χ4v) is 4.79. The van der Waals surface area contributed by atoms with Crippen molar-refractivity contribution in [3.8, 4) is 17.0 Å². The summed E-state index contributed by atoms with van der Waals surface area (Å²) in [6.45, 7) is 4.56. The zero-order valence-electron chi connectivity index (χ0n) is 19.8. The van der Waals surface area contributed by atoms with Crippen molar-refractivity contribution in [1.82, 2.24) is 19.5 Å². The zero-order chi connectivity index (χ0) is 24.7. The normalized spacial score (nSPS) is 18.0. The number of nitrogens with zero attached hydrogens (tertiary/aromatic N) is 4. The molecule has 1 atom stereocenters. The number of benzene rings is 1. The lowest BCUT2D eigenvalue weighted by Crippen LogP contribution is -2.38. The first kappa shape index (κ1) is 23.0. The van der Waals surface area contributed by atoms with Crippen molar-refractivity contribution in [2.75, 3.05) is 13.2 Å². The standard InChI is InChI=1S/C26H27FN4O4/c1-3-18-12-21(25(32)30-10-6-4-5-7-15(30)2)28-22-13-20(29-31(18)22)19-9-8-16-11-17(26(33)34)14-35-24(16)23(19)27/h8-9,11-13,15H,3-7,10,14H2,1-2H3,(H,33,34)/t15-/m1/s1. The summed E-state index contributed by atoms with van der Waals surface area (Å²) >= 11 is 0. The molecule has 0 spiro atoms. The highest BCUT2D eigenvalue weighted by atomic mass is 19.1. The Kier molecular flexibility index (Phi) is 6.00. The smallest absolute Gasteiger partial charge is 0.335 e. The molecule has 0 saturated carbocycles. The first-order valence-electron chi connectivity index (χ1n) is 12.0. The molecule has 3 aromatic rings. The Balaban J connectivity index is 1.54. The number of carboxylic acids is 1. The molecule has 1 fully saturated rings. The summed E-state index contributed by atoms with van der Waals surface area (Å²) in [6, 6.07) is 6.76. The van der Waals surface area contributed by atoms with Gasteiger partial charge >= 0.3 is 5.97 Å². The van der Waals surface area contributed by atoms with E-state index in [4.69, 9.17) is 4.74 Å². The number of amides is 1. The van der Waals surface area contributed by atoms with Crippen LogP contribution in [-0.2, 0) is 11.2 Å². The van der Waals surface area contributed by atoms with Crippen molar-refractivity contribution in [3.05, 3.63) is 52.6 Å². The van der Waals surface area contributed by atoms with E-state index in [1.165, 1.54) is 6.08 Å². The van der Waals surface area contributed by atoms with E-state index in [-0.39, 0.29) is 35.4 Å².